The Hall–Kier alpha value is -2.60. The van der Waals surface area contributed by atoms with Gasteiger partial charge in [0.25, 0.3) is 0 Å². The first-order valence-corrected chi connectivity index (χ1v) is 9.04. The molecule has 6 heteroatoms. The first-order chi connectivity index (χ1) is 12.3. The predicted octanol–water partition coefficient (Wildman–Crippen LogP) is 3.75. The van der Waals surface area contributed by atoms with Gasteiger partial charge in [-0.2, -0.15) is 5.10 Å². The van der Waals surface area contributed by atoms with Crippen LogP contribution in [0.15, 0.2) is 72.0 Å². The third-order valence-corrected chi connectivity index (χ3v) is 5.39. The third kappa shape index (κ3) is 3.58. The number of thioether (sulfide) groups is 1. The number of hydrogen-bond donors (Lipinski definition) is 0. The van der Waals surface area contributed by atoms with Crippen LogP contribution < -0.4 is 0 Å². The summed E-state index contributed by atoms with van der Waals surface area (Å²) in [4.78, 5) is 17.7. The Kier molecular flexibility index (Phi) is 4.52. The third-order valence-electron chi connectivity index (χ3n) is 4.13. The maximum Gasteiger partial charge on any atom is 0.357 e. The van der Waals surface area contributed by atoms with E-state index < -0.39 is 0 Å². The van der Waals surface area contributed by atoms with Gasteiger partial charge in [-0.25, -0.2) is 9.48 Å². The van der Waals surface area contributed by atoms with Gasteiger partial charge in [0.05, 0.1) is 11.9 Å². The second kappa shape index (κ2) is 7.11. The van der Waals surface area contributed by atoms with E-state index in [-0.39, 0.29) is 12.1 Å². The molecule has 0 atom stereocenters. The highest BCUT2D eigenvalue weighted by atomic mass is 32.2. The molecule has 0 amide bonds. The van der Waals surface area contributed by atoms with Crippen molar-refractivity contribution in [3.05, 3.63) is 72.8 Å². The van der Waals surface area contributed by atoms with Crippen molar-refractivity contribution in [1.29, 1.82) is 0 Å². The Bertz CT molecular complexity index is 845. The van der Waals surface area contributed by atoms with Crippen molar-refractivity contribution in [2.45, 2.75) is 29.1 Å². The van der Waals surface area contributed by atoms with E-state index in [4.69, 9.17) is 4.74 Å². The normalized spacial score (nSPS) is 19.2. The highest BCUT2D eigenvalue weighted by Crippen LogP contribution is 2.38. The number of rotatable bonds is 5. The molecule has 2 heterocycles. The van der Waals surface area contributed by atoms with Crippen LogP contribution >= 0.6 is 11.8 Å². The molecule has 4 rings (SSSR count). The molecule has 1 aliphatic carbocycles. The zero-order chi connectivity index (χ0) is 17.1. The first kappa shape index (κ1) is 15.9. The van der Waals surface area contributed by atoms with Crippen molar-refractivity contribution in [3.8, 4) is 5.69 Å². The zero-order valence-electron chi connectivity index (χ0n) is 13.5. The van der Waals surface area contributed by atoms with Crippen LogP contribution in [-0.2, 0) is 4.74 Å². The molecule has 25 heavy (non-hydrogen) atoms. The van der Waals surface area contributed by atoms with E-state index in [2.05, 4.69) is 22.2 Å². The summed E-state index contributed by atoms with van der Waals surface area (Å²) < 4.78 is 7.21. The summed E-state index contributed by atoms with van der Waals surface area (Å²) in [5.74, 6) is -0.331. The molecule has 1 saturated carbocycles. The molecule has 0 aliphatic heterocycles. The molecule has 2 aromatic heterocycles. The molecule has 0 radical (unpaired) electrons. The van der Waals surface area contributed by atoms with Gasteiger partial charge in [-0.3, -0.25) is 4.98 Å². The second-order valence-electron chi connectivity index (χ2n) is 5.89. The van der Waals surface area contributed by atoms with Crippen LogP contribution in [0.2, 0.25) is 0 Å². The number of pyridine rings is 1. The van der Waals surface area contributed by atoms with Gasteiger partial charge in [0.15, 0.2) is 5.69 Å². The number of hydrogen-bond acceptors (Lipinski definition) is 5. The lowest BCUT2D eigenvalue weighted by atomic mass is 9.95. The van der Waals surface area contributed by atoms with E-state index in [1.807, 2.05) is 30.0 Å². The van der Waals surface area contributed by atoms with Gasteiger partial charge >= 0.3 is 5.97 Å². The molecule has 3 aromatic rings. The van der Waals surface area contributed by atoms with Crippen molar-refractivity contribution < 1.29 is 9.53 Å². The zero-order valence-corrected chi connectivity index (χ0v) is 14.3. The molecule has 0 spiro atoms. The van der Waals surface area contributed by atoms with Crippen molar-refractivity contribution in [2.75, 3.05) is 0 Å². The molecule has 0 N–H and O–H groups in total. The lowest BCUT2D eigenvalue weighted by Crippen LogP contribution is -2.35. The van der Waals surface area contributed by atoms with Crippen molar-refractivity contribution in [2.24, 2.45) is 0 Å². The molecule has 1 fully saturated rings. The number of ether oxygens (including phenoxy) is 1. The van der Waals surface area contributed by atoms with Gasteiger partial charge in [0.2, 0.25) is 0 Å². The average Bonchev–Trinajstić information content (AvgIpc) is 3.11. The number of aromatic nitrogens is 3. The van der Waals surface area contributed by atoms with Gasteiger partial charge in [-0.05, 0) is 43.2 Å². The summed E-state index contributed by atoms with van der Waals surface area (Å²) >= 11 is 1.84. The van der Waals surface area contributed by atoms with E-state index in [9.17, 15) is 4.79 Å². The molecule has 0 unspecified atom stereocenters. The van der Waals surface area contributed by atoms with Crippen molar-refractivity contribution in [3.63, 3.8) is 0 Å². The molecule has 126 valence electrons. The fourth-order valence-electron chi connectivity index (χ4n) is 2.76. The maximum absolute atomic E-state index is 12.5. The van der Waals surface area contributed by atoms with E-state index >= 15 is 0 Å². The largest absolute Gasteiger partial charge is 0.458 e. The second-order valence-corrected chi connectivity index (χ2v) is 7.26. The number of esters is 1. The number of carbonyl (C=O) groups excluding carboxylic acids is 1. The van der Waals surface area contributed by atoms with Crippen LogP contribution in [0.3, 0.4) is 0 Å². The summed E-state index contributed by atoms with van der Waals surface area (Å²) in [5.41, 5.74) is 1.23. The van der Waals surface area contributed by atoms with Crippen molar-refractivity contribution >= 4 is 17.7 Å². The summed E-state index contributed by atoms with van der Waals surface area (Å²) in [6, 6.07) is 15.6. The van der Waals surface area contributed by atoms with E-state index in [0.717, 1.165) is 18.5 Å². The van der Waals surface area contributed by atoms with Gasteiger partial charge < -0.3 is 4.74 Å². The smallest absolute Gasteiger partial charge is 0.357 e. The fraction of sp³-hybridized carbons (Fsp3) is 0.211. The Morgan fingerprint density at radius 2 is 1.80 bits per heavy atom. The summed E-state index contributed by atoms with van der Waals surface area (Å²) in [6.07, 6.45) is 6.69. The first-order valence-electron chi connectivity index (χ1n) is 8.17. The monoisotopic (exact) mass is 351 g/mol. The summed E-state index contributed by atoms with van der Waals surface area (Å²) in [5, 5.41) is 4.72. The Morgan fingerprint density at radius 3 is 2.56 bits per heavy atom. The van der Waals surface area contributed by atoms with E-state index in [0.29, 0.717) is 10.9 Å². The van der Waals surface area contributed by atoms with E-state index in [1.165, 1.54) is 4.90 Å². The van der Waals surface area contributed by atoms with Gasteiger partial charge in [-0.15, -0.1) is 11.8 Å². The van der Waals surface area contributed by atoms with Crippen LogP contribution in [-0.4, -0.2) is 32.1 Å². The van der Waals surface area contributed by atoms with Gasteiger partial charge in [0.1, 0.15) is 6.10 Å². The molecule has 0 bridgehead atoms. The van der Waals surface area contributed by atoms with Crippen LogP contribution in [0.4, 0.5) is 0 Å². The molecular formula is C19H17N3O2S. The fourth-order valence-corrected chi connectivity index (χ4v) is 4.08. The quantitative estimate of drug-likeness (QED) is 0.655. The number of benzene rings is 1. The highest BCUT2D eigenvalue weighted by Gasteiger charge is 2.33. The minimum atomic E-state index is -0.331. The van der Waals surface area contributed by atoms with Crippen LogP contribution in [0, 0.1) is 0 Å². The molecular weight excluding hydrogens is 334 g/mol. The summed E-state index contributed by atoms with van der Waals surface area (Å²) in [7, 11) is 0. The minimum absolute atomic E-state index is 0.0190. The standard InChI is InChI=1S/C19H17N3O2S/c23-19(18-8-11-21-22(18)14-6-9-20-10-7-14)24-15-12-17(13-15)25-16-4-2-1-3-5-16/h1-11,15,17H,12-13H2. The number of nitrogens with zero attached hydrogens (tertiary/aromatic N) is 3. The van der Waals surface area contributed by atoms with Crippen LogP contribution in [0.1, 0.15) is 23.3 Å². The summed E-state index contributed by atoms with van der Waals surface area (Å²) in [6.45, 7) is 0. The average molecular weight is 351 g/mol. The number of carbonyl (C=O) groups is 1. The van der Waals surface area contributed by atoms with Crippen LogP contribution in [0.25, 0.3) is 5.69 Å². The van der Waals surface area contributed by atoms with Crippen molar-refractivity contribution in [1.82, 2.24) is 14.8 Å². The maximum atomic E-state index is 12.5. The topological polar surface area (TPSA) is 57.0 Å². The minimum Gasteiger partial charge on any atom is -0.458 e. The Morgan fingerprint density at radius 1 is 1.04 bits per heavy atom. The van der Waals surface area contributed by atoms with Gasteiger partial charge in [-0.1, -0.05) is 18.2 Å². The molecule has 1 aliphatic rings. The predicted molar refractivity (Wildman–Crippen MR) is 95.9 cm³/mol. The molecule has 0 saturated heterocycles. The van der Waals surface area contributed by atoms with Gasteiger partial charge in [0, 0.05) is 22.5 Å². The SMILES string of the molecule is O=C(OC1CC(Sc2ccccc2)C1)c1ccnn1-c1ccncc1. The van der Waals surface area contributed by atoms with Crippen LogP contribution in [0.5, 0.6) is 0 Å². The molecule has 5 nitrogen and oxygen atoms in total. The lowest BCUT2D eigenvalue weighted by molar-refractivity contribution is 0.00998. The Labute approximate surface area is 150 Å². The Balaban J connectivity index is 1.35. The van der Waals surface area contributed by atoms with E-state index in [1.54, 1.807) is 41.5 Å². The molecule has 1 aromatic carbocycles. The lowest BCUT2D eigenvalue weighted by Gasteiger charge is -2.34. The highest BCUT2D eigenvalue weighted by molar-refractivity contribution is 8.00.